The molecule has 0 fully saturated rings. The van der Waals surface area contributed by atoms with E-state index in [1.165, 1.54) is 22.3 Å². The Labute approximate surface area is 233 Å². The molecule has 0 saturated carbocycles. The highest BCUT2D eigenvalue weighted by atomic mass is 16.6. The minimum atomic E-state index is -0.420. The zero-order chi connectivity index (χ0) is 28.3. The molecule has 4 aromatic rings. The molecule has 5 heteroatoms. The van der Waals surface area contributed by atoms with E-state index in [0.717, 1.165) is 36.3 Å². The maximum Gasteiger partial charge on any atom is 0.306 e. The summed E-state index contributed by atoms with van der Waals surface area (Å²) in [6.45, 7) is 13.2. The first-order valence-corrected chi connectivity index (χ1v) is 13.9. The number of aromatic nitrogens is 2. The van der Waals surface area contributed by atoms with E-state index in [1.807, 2.05) is 57.5 Å². The van der Waals surface area contributed by atoms with Gasteiger partial charge in [-0.05, 0) is 93.0 Å². The lowest BCUT2D eigenvalue weighted by Gasteiger charge is -2.19. The second-order valence-electron chi connectivity index (χ2n) is 10.2. The average Bonchev–Trinajstić information content (AvgIpc) is 3.33. The van der Waals surface area contributed by atoms with Crippen molar-refractivity contribution in [3.05, 3.63) is 84.3 Å². The van der Waals surface area contributed by atoms with Crippen LogP contribution in [0.3, 0.4) is 0 Å². The maximum atomic E-state index is 11.8. The number of carbonyl (C=O) groups is 1. The lowest BCUT2D eigenvalue weighted by Crippen LogP contribution is -2.24. The van der Waals surface area contributed by atoms with Crippen LogP contribution in [0.1, 0.15) is 65.1 Å². The van der Waals surface area contributed by atoms with Crippen molar-refractivity contribution in [3.63, 3.8) is 0 Å². The van der Waals surface area contributed by atoms with Crippen LogP contribution < -0.4 is 5.32 Å². The van der Waals surface area contributed by atoms with E-state index < -0.39 is 5.60 Å². The number of ether oxygens (including phenoxy) is 1. The normalized spacial score (nSPS) is 10.8. The van der Waals surface area contributed by atoms with E-state index in [0.29, 0.717) is 13.0 Å². The Morgan fingerprint density at radius 2 is 1.69 bits per heavy atom. The number of unbranched alkanes of at least 4 members (excludes halogenated alkanes) is 1. The van der Waals surface area contributed by atoms with Gasteiger partial charge < -0.3 is 10.1 Å². The van der Waals surface area contributed by atoms with Crippen LogP contribution in [0.25, 0.3) is 27.9 Å². The van der Waals surface area contributed by atoms with Crippen molar-refractivity contribution < 1.29 is 9.53 Å². The highest BCUT2D eigenvalue weighted by Gasteiger charge is 2.15. The van der Waals surface area contributed by atoms with Crippen molar-refractivity contribution in [1.82, 2.24) is 14.7 Å². The molecule has 204 valence electrons. The molecule has 0 aliphatic carbocycles. The third-order valence-electron chi connectivity index (χ3n) is 6.08. The van der Waals surface area contributed by atoms with Crippen molar-refractivity contribution in [2.45, 2.75) is 66.4 Å². The monoisotopic (exact) mass is 523 g/mol. The number of carbonyl (C=O) groups excluding carboxylic acids is 1. The fraction of sp³-hybridized carbons (Fsp3) is 0.353. The SMILES string of the molecule is CC.Cc1c(-c2ccccc2)cccc1-c1ccn2c(C#CCNCCCCC(=O)OC(C)(C)C)cnc2c1. The molecule has 4 rings (SSSR count). The first-order valence-electron chi connectivity index (χ1n) is 13.9. The number of benzene rings is 2. The average molecular weight is 524 g/mol. The van der Waals surface area contributed by atoms with Crippen LogP contribution in [0.5, 0.6) is 0 Å². The molecule has 2 heterocycles. The molecule has 0 bridgehead atoms. The summed E-state index contributed by atoms with van der Waals surface area (Å²) in [4.78, 5) is 16.3. The Morgan fingerprint density at radius 1 is 0.974 bits per heavy atom. The second kappa shape index (κ2) is 14.3. The molecule has 2 aromatic carbocycles. The number of nitrogens with zero attached hydrogens (tertiary/aromatic N) is 2. The van der Waals surface area contributed by atoms with Crippen molar-refractivity contribution in [3.8, 4) is 34.1 Å². The molecule has 0 aliphatic heterocycles. The van der Waals surface area contributed by atoms with Crippen LogP contribution in [0.2, 0.25) is 0 Å². The van der Waals surface area contributed by atoms with Gasteiger partial charge in [-0.25, -0.2) is 4.98 Å². The molecule has 0 aliphatic rings. The van der Waals surface area contributed by atoms with Gasteiger partial charge in [0.05, 0.1) is 12.7 Å². The third-order valence-corrected chi connectivity index (χ3v) is 6.08. The predicted octanol–water partition coefficient (Wildman–Crippen LogP) is 7.46. The summed E-state index contributed by atoms with van der Waals surface area (Å²) < 4.78 is 7.35. The molecule has 0 spiro atoms. The van der Waals surface area contributed by atoms with Crippen molar-refractivity contribution >= 4 is 11.6 Å². The fourth-order valence-corrected chi connectivity index (χ4v) is 4.32. The number of esters is 1. The number of hydrogen-bond acceptors (Lipinski definition) is 4. The largest absolute Gasteiger partial charge is 0.460 e. The van der Waals surface area contributed by atoms with Crippen molar-refractivity contribution in [2.75, 3.05) is 13.1 Å². The third kappa shape index (κ3) is 8.56. The Balaban J connectivity index is 0.00000205. The van der Waals surface area contributed by atoms with Crippen LogP contribution in [-0.2, 0) is 9.53 Å². The van der Waals surface area contributed by atoms with E-state index >= 15 is 0 Å². The molecule has 1 N–H and O–H groups in total. The predicted molar refractivity (Wildman–Crippen MR) is 162 cm³/mol. The topological polar surface area (TPSA) is 55.6 Å². The second-order valence-corrected chi connectivity index (χ2v) is 10.2. The summed E-state index contributed by atoms with van der Waals surface area (Å²) >= 11 is 0. The fourth-order valence-electron chi connectivity index (χ4n) is 4.32. The van der Waals surface area contributed by atoms with Crippen LogP contribution in [0.4, 0.5) is 0 Å². The molecule has 0 amide bonds. The summed E-state index contributed by atoms with van der Waals surface area (Å²) in [6.07, 6.45) is 6.02. The van der Waals surface area contributed by atoms with E-state index in [1.54, 1.807) is 0 Å². The number of rotatable bonds is 8. The zero-order valence-corrected chi connectivity index (χ0v) is 24.2. The summed E-state index contributed by atoms with van der Waals surface area (Å²) in [5, 5.41) is 3.32. The highest BCUT2D eigenvalue weighted by Crippen LogP contribution is 2.32. The van der Waals surface area contributed by atoms with Gasteiger partial charge >= 0.3 is 5.97 Å². The Morgan fingerprint density at radius 3 is 2.41 bits per heavy atom. The standard InChI is InChI=1S/C32H35N3O2.C2H6/c1-24-28(25-12-6-5-7-13-25)15-10-16-29(24)26-18-21-35-27(23-34-30(35)22-26)14-11-20-33-19-9-8-17-31(36)37-32(2,3)4;1-2/h5-7,10,12-13,15-16,18,21-23,33H,8-9,17,19-20H2,1-4H3;1-2H3. The Hall–Kier alpha value is -3.88. The number of hydrogen-bond donors (Lipinski definition) is 1. The van der Waals surface area contributed by atoms with Gasteiger partial charge in [0, 0.05) is 12.6 Å². The van der Waals surface area contributed by atoms with Crippen molar-refractivity contribution in [2.24, 2.45) is 0 Å². The lowest BCUT2D eigenvalue weighted by atomic mass is 9.93. The van der Waals surface area contributed by atoms with Gasteiger partial charge in [0.25, 0.3) is 0 Å². The highest BCUT2D eigenvalue weighted by molar-refractivity contribution is 5.79. The smallest absolute Gasteiger partial charge is 0.306 e. The van der Waals surface area contributed by atoms with E-state index in [-0.39, 0.29) is 5.97 Å². The minimum absolute atomic E-state index is 0.137. The van der Waals surface area contributed by atoms with Crippen LogP contribution in [-0.4, -0.2) is 34.0 Å². The molecular weight excluding hydrogens is 482 g/mol. The summed E-state index contributed by atoms with van der Waals surface area (Å²) in [6, 6.07) is 21.2. The van der Waals surface area contributed by atoms with Gasteiger partial charge in [-0.15, -0.1) is 0 Å². The Bertz CT molecular complexity index is 1420. The molecule has 39 heavy (non-hydrogen) atoms. The van der Waals surface area contributed by atoms with E-state index in [9.17, 15) is 4.79 Å². The van der Waals surface area contributed by atoms with Crippen molar-refractivity contribution in [1.29, 1.82) is 0 Å². The van der Waals surface area contributed by atoms with Crippen LogP contribution in [0.15, 0.2) is 73.1 Å². The van der Waals surface area contributed by atoms with Crippen LogP contribution in [0, 0.1) is 18.8 Å². The van der Waals surface area contributed by atoms with E-state index in [4.69, 9.17) is 4.74 Å². The first-order chi connectivity index (χ1) is 18.8. The lowest BCUT2D eigenvalue weighted by molar-refractivity contribution is -0.154. The molecule has 0 atom stereocenters. The number of imidazole rings is 1. The van der Waals surface area contributed by atoms with Gasteiger partial charge in [-0.2, -0.15) is 0 Å². The van der Waals surface area contributed by atoms with Gasteiger partial charge in [-0.1, -0.05) is 68.3 Å². The number of fused-ring (bicyclic) bond motifs is 1. The molecular formula is C34H41N3O2. The molecule has 0 unspecified atom stereocenters. The zero-order valence-electron chi connectivity index (χ0n) is 24.2. The maximum absolute atomic E-state index is 11.8. The molecule has 5 nitrogen and oxygen atoms in total. The quantitative estimate of drug-likeness (QED) is 0.148. The molecule has 0 radical (unpaired) electrons. The summed E-state index contributed by atoms with van der Waals surface area (Å²) in [7, 11) is 0. The molecule has 2 aromatic heterocycles. The van der Waals surface area contributed by atoms with E-state index in [2.05, 4.69) is 83.7 Å². The van der Waals surface area contributed by atoms with Gasteiger partial charge in [0.15, 0.2) is 0 Å². The molecule has 0 saturated heterocycles. The van der Waals surface area contributed by atoms with Gasteiger partial charge in [0.2, 0.25) is 0 Å². The Kier molecular flexibility index (Phi) is 10.9. The number of pyridine rings is 1. The summed E-state index contributed by atoms with van der Waals surface area (Å²) in [5.74, 6) is 6.26. The number of nitrogens with one attached hydrogen (secondary N) is 1. The van der Waals surface area contributed by atoms with Gasteiger partial charge in [-0.3, -0.25) is 9.20 Å². The summed E-state index contributed by atoms with van der Waals surface area (Å²) in [5.41, 5.74) is 7.38. The first kappa shape index (κ1) is 29.7. The minimum Gasteiger partial charge on any atom is -0.460 e. The van der Waals surface area contributed by atoms with Crippen LogP contribution >= 0.6 is 0 Å². The van der Waals surface area contributed by atoms with Gasteiger partial charge in [0.1, 0.15) is 16.9 Å².